The molecule has 1 aliphatic rings. The molecule has 0 aromatic carbocycles. The van der Waals surface area contributed by atoms with Gasteiger partial charge in [0.2, 0.25) is 0 Å². The standard InChI is InChI=1S/C23H41N5O.HI/c1-4-24-23(26-16-20(11-14-29)15-19(2)3)27-18-21-9-10-22(25-17-21)28-12-7-5-6-8-13-28;/h9-10,17,19-20,29H,4-8,11-16,18H2,1-3H3,(H2,24,26,27);1H. The molecule has 3 N–H and O–H groups in total. The van der Waals surface area contributed by atoms with Crippen LogP contribution in [0.3, 0.4) is 0 Å². The minimum absolute atomic E-state index is 0. The van der Waals surface area contributed by atoms with E-state index in [-0.39, 0.29) is 30.6 Å². The number of aliphatic imine (C=N–C) groups is 1. The van der Waals surface area contributed by atoms with Crippen LogP contribution in [0.5, 0.6) is 0 Å². The number of rotatable bonds is 10. The Kier molecular flexibility index (Phi) is 14.1. The Hall–Kier alpha value is -1.09. The van der Waals surface area contributed by atoms with E-state index in [1.807, 2.05) is 6.20 Å². The van der Waals surface area contributed by atoms with Gasteiger partial charge in [-0.1, -0.05) is 32.8 Å². The third-order valence-corrected chi connectivity index (χ3v) is 5.40. The fourth-order valence-electron chi connectivity index (χ4n) is 3.90. The number of aromatic nitrogens is 1. The molecule has 1 fully saturated rings. The summed E-state index contributed by atoms with van der Waals surface area (Å²) < 4.78 is 0. The molecule has 0 bridgehead atoms. The molecule has 0 aliphatic carbocycles. The number of anilines is 1. The van der Waals surface area contributed by atoms with E-state index in [1.54, 1.807) is 0 Å². The monoisotopic (exact) mass is 531 g/mol. The van der Waals surface area contributed by atoms with Gasteiger partial charge in [0.25, 0.3) is 0 Å². The van der Waals surface area contributed by atoms with Gasteiger partial charge in [0, 0.05) is 39.0 Å². The highest BCUT2D eigenvalue weighted by atomic mass is 127. The van der Waals surface area contributed by atoms with Gasteiger partial charge in [-0.15, -0.1) is 24.0 Å². The van der Waals surface area contributed by atoms with Crippen molar-refractivity contribution in [3.8, 4) is 0 Å². The number of nitrogens with zero attached hydrogens (tertiary/aromatic N) is 3. The minimum Gasteiger partial charge on any atom is -0.396 e. The Morgan fingerprint density at radius 1 is 1.17 bits per heavy atom. The summed E-state index contributed by atoms with van der Waals surface area (Å²) in [6.07, 6.45) is 9.08. The van der Waals surface area contributed by atoms with Gasteiger partial charge in [0.15, 0.2) is 5.96 Å². The molecule has 1 aromatic heterocycles. The predicted molar refractivity (Wildman–Crippen MR) is 138 cm³/mol. The molecule has 1 atom stereocenters. The van der Waals surface area contributed by atoms with Crippen LogP contribution < -0.4 is 15.5 Å². The molecule has 0 amide bonds. The highest BCUT2D eigenvalue weighted by Gasteiger charge is 2.12. The molecule has 1 aliphatic heterocycles. The summed E-state index contributed by atoms with van der Waals surface area (Å²) in [5.74, 6) is 3.00. The molecule has 30 heavy (non-hydrogen) atoms. The lowest BCUT2D eigenvalue weighted by atomic mass is 9.94. The third-order valence-electron chi connectivity index (χ3n) is 5.40. The molecular formula is C23H42IN5O. The third kappa shape index (κ3) is 10.3. The molecule has 172 valence electrons. The molecule has 1 unspecified atom stereocenters. The topological polar surface area (TPSA) is 72.8 Å². The highest BCUT2D eigenvalue weighted by molar-refractivity contribution is 14.0. The largest absolute Gasteiger partial charge is 0.396 e. The molecule has 1 saturated heterocycles. The molecule has 0 saturated carbocycles. The summed E-state index contributed by atoms with van der Waals surface area (Å²) >= 11 is 0. The Balaban J connectivity index is 0.00000450. The van der Waals surface area contributed by atoms with Crippen LogP contribution in [0.1, 0.15) is 64.9 Å². The van der Waals surface area contributed by atoms with E-state index >= 15 is 0 Å². The molecular weight excluding hydrogens is 489 g/mol. The van der Waals surface area contributed by atoms with Crippen LogP contribution in [-0.4, -0.2) is 48.8 Å². The first kappa shape index (κ1) is 26.9. The van der Waals surface area contributed by atoms with Crippen molar-refractivity contribution in [2.45, 2.75) is 65.8 Å². The van der Waals surface area contributed by atoms with Crippen LogP contribution in [0.15, 0.2) is 23.3 Å². The zero-order valence-corrected chi connectivity index (χ0v) is 21.4. The van der Waals surface area contributed by atoms with Gasteiger partial charge in [-0.3, -0.25) is 0 Å². The van der Waals surface area contributed by atoms with Crippen LogP contribution in [0, 0.1) is 11.8 Å². The summed E-state index contributed by atoms with van der Waals surface area (Å²) in [5, 5.41) is 16.1. The number of nitrogens with one attached hydrogen (secondary N) is 2. The van der Waals surface area contributed by atoms with Crippen molar-refractivity contribution in [1.29, 1.82) is 0 Å². The van der Waals surface area contributed by atoms with Crippen molar-refractivity contribution in [3.05, 3.63) is 23.9 Å². The van der Waals surface area contributed by atoms with Crippen molar-refractivity contribution in [3.63, 3.8) is 0 Å². The van der Waals surface area contributed by atoms with E-state index in [2.05, 4.69) is 53.4 Å². The van der Waals surface area contributed by atoms with Crippen LogP contribution >= 0.6 is 24.0 Å². The number of pyridine rings is 1. The molecule has 6 nitrogen and oxygen atoms in total. The van der Waals surface area contributed by atoms with Crippen LogP contribution in [0.4, 0.5) is 5.82 Å². The van der Waals surface area contributed by atoms with Crippen molar-refractivity contribution >= 4 is 35.8 Å². The second-order valence-electron chi connectivity index (χ2n) is 8.51. The summed E-state index contributed by atoms with van der Waals surface area (Å²) in [7, 11) is 0. The average Bonchev–Trinajstić information content (AvgIpc) is 2.99. The lowest BCUT2D eigenvalue weighted by Crippen LogP contribution is -2.40. The summed E-state index contributed by atoms with van der Waals surface area (Å²) in [5.41, 5.74) is 1.12. The van der Waals surface area contributed by atoms with Crippen molar-refractivity contribution in [2.75, 3.05) is 37.7 Å². The fraction of sp³-hybridized carbons (Fsp3) is 0.739. The molecule has 0 spiro atoms. The fourth-order valence-corrected chi connectivity index (χ4v) is 3.90. The van der Waals surface area contributed by atoms with Crippen molar-refractivity contribution < 1.29 is 5.11 Å². The van der Waals surface area contributed by atoms with E-state index in [1.165, 1.54) is 25.7 Å². The van der Waals surface area contributed by atoms with Crippen LogP contribution in [0.25, 0.3) is 0 Å². The normalized spacial score (nSPS) is 16.0. The van der Waals surface area contributed by atoms with Gasteiger partial charge in [0.1, 0.15) is 5.82 Å². The lowest BCUT2D eigenvalue weighted by Gasteiger charge is -2.21. The zero-order valence-electron chi connectivity index (χ0n) is 19.1. The van der Waals surface area contributed by atoms with E-state index in [0.717, 1.165) is 56.4 Å². The molecule has 2 rings (SSSR count). The average molecular weight is 532 g/mol. The predicted octanol–water partition coefficient (Wildman–Crippen LogP) is 4.18. The maximum absolute atomic E-state index is 9.32. The highest BCUT2D eigenvalue weighted by Crippen LogP contribution is 2.18. The number of hydrogen-bond donors (Lipinski definition) is 3. The Bertz CT molecular complexity index is 586. The maximum Gasteiger partial charge on any atom is 0.191 e. The summed E-state index contributed by atoms with van der Waals surface area (Å²) in [6, 6.07) is 4.28. The summed E-state index contributed by atoms with van der Waals surface area (Å²) in [6.45, 7) is 11.3. The maximum atomic E-state index is 9.32. The first-order chi connectivity index (χ1) is 14.1. The summed E-state index contributed by atoms with van der Waals surface area (Å²) in [4.78, 5) is 11.8. The van der Waals surface area contributed by atoms with Crippen molar-refractivity contribution in [1.82, 2.24) is 15.6 Å². The SMILES string of the molecule is CCNC(=NCc1ccc(N2CCCCCC2)nc1)NCC(CCO)CC(C)C.I. The quantitative estimate of drug-likeness (QED) is 0.240. The molecule has 2 heterocycles. The van der Waals surface area contributed by atoms with Gasteiger partial charge < -0.3 is 20.6 Å². The van der Waals surface area contributed by atoms with Gasteiger partial charge in [0.05, 0.1) is 6.54 Å². The number of aliphatic hydroxyl groups excluding tert-OH is 1. The Morgan fingerprint density at radius 2 is 1.90 bits per heavy atom. The van der Waals surface area contributed by atoms with E-state index in [0.29, 0.717) is 18.4 Å². The second kappa shape index (κ2) is 15.7. The Morgan fingerprint density at radius 3 is 2.47 bits per heavy atom. The van der Waals surface area contributed by atoms with Gasteiger partial charge in [-0.25, -0.2) is 9.98 Å². The van der Waals surface area contributed by atoms with Crippen molar-refractivity contribution in [2.24, 2.45) is 16.8 Å². The first-order valence-corrected chi connectivity index (χ1v) is 11.4. The molecule has 0 radical (unpaired) electrons. The number of guanidine groups is 1. The van der Waals surface area contributed by atoms with Crippen LogP contribution in [0.2, 0.25) is 0 Å². The van der Waals surface area contributed by atoms with Crippen LogP contribution in [-0.2, 0) is 6.54 Å². The van der Waals surface area contributed by atoms with Gasteiger partial charge >= 0.3 is 0 Å². The minimum atomic E-state index is 0. The van der Waals surface area contributed by atoms with E-state index < -0.39 is 0 Å². The van der Waals surface area contributed by atoms with E-state index in [9.17, 15) is 5.11 Å². The second-order valence-corrected chi connectivity index (χ2v) is 8.51. The molecule has 1 aromatic rings. The molecule has 7 heteroatoms. The smallest absolute Gasteiger partial charge is 0.191 e. The Labute approximate surface area is 200 Å². The number of halogens is 1. The first-order valence-electron chi connectivity index (χ1n) is 11.4. The number of hydrogen-bond acceptors (Lipinski definition) is 4. The van der Waals surface area contributed by atoms with Gasteiger partial charge in [-0.2, -0.15) is 0 Å². The number of aliphatic hydroxyl groups is 1. The lowest BCUT2D eigenvalue weighted by molar-refractivity contribution is 0.243. The van der Waals surface area contributed by atoms with Gasteiger partial charge in [-0.05, 0) is 56.1 Å². The van der Waals surface area contributed by atoms with E-state index in [4.69, 9.17) is 4.99 Å². The zero-order chi connectivity index (χ0) is 20.9.